The second-order valence-corrected chi connectivity index (χ2v) is 18.8. The van der Waals surface area contributed by atoms with Crippen molar-refractivity contribution in [3.05, 3.63) is 48.6 Å². The highest BCUT2D eigenvalue weighted by Crippen LogP contribution is 2.16. The molecule has 0 aromatic carbocycles. The number of likely N-dealkylation sites (N-methyl/N-ethyl adjacent to an activating group) is 1. The molecule has 2 atom stereocenters. The lowest BCUT2D eigenvalue weighted by atomic mass is 10.0. The molecule has 0 fully saturated rings. The van der Waals surface area contributed by atoms with Gasteiger partial charge in [0.2, 0.25) is 0 Å². The number of ether oxygens (including phenoxy) is 4. The van der Waals surface area contributed by atoms with Gasteiger partial charge in [-0.1, -0.05) is 210 Å². The Hall–Kier alpha value is -2.75. The number of unbranched alkanes of at least 4 members (excludes halogenated alkanes) is 25. The van der Waals surface area contributed by atoms with E-state index in [1.54, 1.807) is 0 Å². The Morgan fingerprint density at radius 1 is 0.484 bits per heavy atom. The number of allylic oxidation sites excluding steroid dienone is 8. The molecule has 0 saturated carbocycles. The lowest BCUT2D eigenvalue weighted by molar-refractivity contribution is -0.870. The third-order valence-electron chi connectivity index (χ3n) is 11.3. The maximum absolute atomic E-state index is 12.8. The van der Waals surface area contributed by atoms with E-state index in [2.05, 4.69) is 62.5 Å². The molecule has 0 spiro atoms. The molecule has 0 N–H and O–H groups in total. The second-order valence-electron chi connectivity index (χ2n) is 18.8. The van der Waals surface area contributed by atoms with Crippen molar-refractivity contribution in [2.45, 2.75) is 238 Å². The van der Waals surface area contributed by atoms with Crippen LogP contribution < -0.4 is 5.11 Å². The van der Waals surface area contributed by atoms with Gasteiger partial charge in [-0.25, -0.2) is 0 Å². The Morgan fingerprint density at radius 2 is 0.891 bits per heavy atom. The van der Waals surface area contributed by atoms with Crippen molar-refractivity contribution in [2.75, 3.05) is 47.5 Å². The number of hydrogen-bond donors (Lipinski definition) is 0. The first-order valence-corrected chi connectivity index (χ1v) is 26.3. The van der Waals surface area contributed by atoms with Crippen LogP contribution in [0.2, 0.25) is 0 Å². The number of carbonyl (C=O) groups is 3. The van der Waals surface area contributed by atoms with Gasteiger partial charge in [0.15, 0.2) is 12.4 Å². The molecule has 0 amide bonds. The summed E-state index contributed by atoms with van der Waals surface area (Å²) in [4.78, 5) is 37.2. The zero-order valence-electron chi connectivity index (χ0n) is 42.1. The molecular weight excluding hydrogens is 803 g/mol. The summed E-state index contributed by atoms with van der Waals surface area (Å²) < 4.78 is 22.6. The molecule has 0 rings (SSSR count). The number of rotatable bonds is 48. The summed E-state index contributed by atoms with van der Waals surface area (Å²) in [5, 5.41) is 11.7. The van der Waals surface area contributed by atoms with Crippen molar-refractivity contribution < 1.29 is 42.9 Å². The lowest BCUT2D eigenvalue weighted by Crippen LogP contribution is -2.44. The highest BCUT2D eigenvalue weighted by atomic mass is 16.7. The predicted octanol–water partition coefficient (Wildman–Crippen LogP) is 13.4. The lowest BCUT2D eigenvalue weighted by Gasteiger charge is -2.26. The van der Waals surface area contributed by atoms with Gasteiger partial charge in [0.05, 0.1) is 40.3 Å². The van der Waals surface area contributed by atoms with Crippen LogP contribution in [-0.2, 0) is 33.3 Å². The van der Waals surface area contributed by atoms with Gasteiger partial charge in [-0.2, -0.15) is 0 Å². The van der Waals surface area contributed by atoms with Crippen LogP contribution in [0.15, 0.2) is 48.6 Å². The van der Waals surface area contributed by atoms with Gasteiger partial charge >= 0.3 is 11.9 Å². The van der Waals surface area contributed by atoms with Crippen LogP contribution in [0.1, 0.15) is 226 Å². The van der Waals surface area contributed by atoms with Crippen LogP contribution in [0, 0.1) is 0 Å². The summed E-state index contributed by atoms with van der Waals surface area (Å²) in [6.45, 7) is 4.62. The highest BCUT2D eigenvalue weighted by molar-refractivity contribution is 5.70. The summed E-state index contributed by atoms with van der Waals surface area (Å²) in [6, 6.07) is 0. The number of aliphatic carboxylic acids is 1. The predicted molar refractivity (Wildman–Crippen MR) is 265 cm³/mol. The maximum Gasteiger partial charge on any atom is 0.306 e. The molecule has 2 unspecified atom stereocenters. The van der Waals surface area contributed by atoms with E-state index in [9.17, 15) is 19.5 Å². The highest BCUT2D eigenvalue weighted by Gasteiger charge is 2.22. The molecule has 0 saturated heterocycles. The van der Waals surface area contributed by atoms with E-state index < -0.39 is 24.3 Å². The molecule has 9 nitrogen and oxygen atoms in total. The SMILES string of the molecule is CC/C=C\C/C=C\C/C=C\C/C=C\CCCCCCC(=O)OC(COC(=O)CCCCCCCCCCCCCCCCCCCCCCCC)COC(OCC[N+](C)(C)C)C(=O)[O-]. The molecule has 0 aromatic rings. The summed E-state index contributed by atoms with van der Waals surface area (Å²) in [5.41, 5.74) is 0. The van der Waals surface area contributed by atoms with Crippen LogP contribution in [-0.4, -0.2) is 82.3 Å². The quantitative estimate of drug-likeness (QED) is 0.0195. The maximum atomic E-state index is 12.8. The molecule has 9 heteroatoms. The molecule has 0 aromatic heterocycles. The zero-order valence-corrected chi connectivity index (χ0v) is 42.1. The van der Waals surface area contributed by atoms with Gasteiger partial charge in [-0.15, -0.1) is 0 Å². The fraction of sp³-hybridized carbons (Fsp3) is 0.800. The molecule has 0 heterocycles. The number of carboxylic acids is 1. The summed E-state index contributed by atoms with van der Waals surface area (Å²) in [5.74, 6) is -2.31. The van der Waals surface area contributed by atoms with Crippen molar-refractivity contribution in [3.63, 3.8) is 0 Å². The van der Waals surface area contributed by atoms with E-state index in [1.165, 1.54) is 122 Å². The number of hydrogen-bond acceptors (Lipinski definition) is 8. The number of carboxylic acid groups (broad SMARTS) is 1. The van der Waals surface area contributed by atoms with E-state index in [4.69, 9.17) is 18.9 Å². The van der Waals surface area contributed by atoms with Crippen LogP contribution in [0.25, 0.3) is 0 Å². The topological polar surface area (TPSA) is 111 Å². The fourth-order valence-electron chi connectivity index (χ4n) is 7.29. The minimum absolute atomic E-state index is 0.142. The van der Waals surface area contributed by atoms with Crippen LogP contribution in [0.4, 0.5) is 0 Å². The largest absolute Gasteiger partial charge is 0.545 e. The smallest absolute Gasteiger partial charge is 0.306 e. The molecule has 0 aliphatic heterocycles. The molecule has 0 radical (unpaired) electrons. The molecule has 64 heavy (non-hydrogen) atoms. The summed E-state index contributed by atoms with van der Waals surface area (Å²) in [6.07, 6.45) is 52.9. The van der Waals surface area contributed by atoms with E-state index in [0.29, 0.717) is 17.4 Å². The average Bonchev–Trinajstić information content (AvgIpc) is 3.26. The van der Waals surface area contributed by atoms with E-state index in [-0.39, 0.29) is 38.6 Å². The van der Waals surface area contributed by atoms with E-state index >= 15 is 0 Å². The van der Waals surface area contributed by atoms with Gasteiger partial charge in [-0.05, 0) is 51.4 Å². The Morgan fingerprint density at radius 3 is 1.33 bits per heavy atom. The third-order valence-corrected chi connectivity index (χ3v) is 11.3. The molecule has 0 aliphatic rings. The summed E-state index contributed by atoms with van der Waals surface area (Å²) >= 11 is 0. The van der Waals surface area contributed by atoms with Crippen LogP contribution in [0.3, 0.4) is 0 Å². The second kappa shape index (κ2) is 46.8. The van der Waals surface area contributed by atoms with Crippen molar-refractivity contribution in [1.29, 1.82) is 0 Å². The number of nitrogens with zero attached hydrogens (tertiary/aromatic N) is 1. The number of quaternary nitrogens is 1. The first-order valence-electron chi connectivity index (χ1n) is 26.3. The molecule has 372 valence electrons. The first kappa shape index (κ1) is 61.2. The van der Waals surface area contributed by atoms with Crippen LogP contribution >= 0.6 is 0 Å². The van der Waals surface area contributed by atoms with Gasteiger partial charge in [0, 0.05) is 12.8 Å². The Balaban J connectivity index is 4.31. The molecule has 0 bridgehead atoms. The van der Waals surface area contributed by atoms with Gasteiger partial charge in [-0.3, -0.25) is 9.59 Å². The number of esters is 2. The van der Waals surface area contributed by atoms with E-state index in [0.717, 1.165) is 70.6 Å². The van der Waals surface area contributed by atoms with Crippen LogP contribution in [0.5, 0.6) is 0 Å². The molecule has 0 aliphatic carbocycles. The zero-order chi connectivity index (χ0) is 47.0. The first-order chi connectivity index (χ1) is 31.1. The summed E-state index contributed by atoms with van der Waals surface area (Å²) in [7, 11) is 5.91. The average molecular weight is 902 g/mol. The Kier molecular flexibility index (Phi) is 44.8. The Labute approximate surface area is 393 Å². The number of carbonyl (C=O) groups excluding carboxylic acids is 3. The third kappa shape index (κ3) is 47.2. The monoisotopic (exact) mass is 902 g/mol. The van der Waals surface area contributed by atoms with Gasteiger partial charge in [0.25, 0.3) is 0 Å². The van der Waals surface area contributed by atoms with E-state index in [1.807, 2.05) is 21.1 Å². The molecular formula is C55H99NO8. The standard InChI is InChI=1S/C55H99NO8/c1-6-8-10-12-14-16-18-20-22-24-25-26-27-28-30-31-33-35-37-39-41-43-45-52(57)62-49-51(50-63-55(54(59)60)61-48-47-56(3,4)5)64-53(58)46-44-42-40-38-36-34-32-29-23-21-19-17-15-13-11-9-7-2/h9,11,15,17,21,23,32,34,51,55H,6-8,10,12-14,16,18-20,22,24-31,33,35-50H2,1-5H3/b11-9-,17-15-,23-21-,34-32-. The van der Waals surface area contributed by atoms with Crippen molar-refractivity contribution in [1.82, 2.24) is 0 Å². The van der Waals surface area contributed by atoms with Gasteiger partial charge < -0.3 is 33.3 Å². The Bertz CT molecular complexity index is 1190. The van der Waals surface area contributed by atoms with Crippen molar-refractivity contribution in [3.8, 4) is 0 Å². The normalized spacial score (nSPS) is 13.2. The minimum Gasteiger partial charge on any atom is -0.545 e. The minimum atomic E-state index is -1.63. The van der Waals surface area contributed by atoms with Crippen molar-refractivity contribution in [2.24, 2.45) is 0 Å². The fourth-order valence-corrected chi connectivity index (χ4v) is 7.29. The van der Waals surface area contributed by atoms with Crippen molar-refractivity contribution >= 4 is 17.9 Å². The van der Waals surface area contributed by atoms with Gasteiger partial charge in [0.1, 0.15) is 13.2 Å².